The zero-order chi connectivity index (χ0) is 25.5. The number of hydrogen-bond acceptors (Lipinski definition) is 5. The van der Waals surface area contributed by atoms with E-state index in [1.165, 1.54) is 18.3 Å². The third-order valence-electron chi connectivity index (χ3n) is 4.85. The van der Waals surface area contributed by atoms with Crippen molar-refractivity contribution in [2.45, 2.75) is 13.5 Å². The van der Waals surface area contributed by atoms with Crippen molar-refractivity contribution in [1.29, 1.82) is 0 Å². The van der Waals surface area contributed by atoms with Crippen LogP contribution in [-0.4, -0.2) is 31.1 Å². The number of carbonyl (C=O) groups is 1. The summed E-state index contributed by atoms with van der Waals surface area (Å²) in [7, 11) is 0. The van der Waals surface area contributed by atoms with Gasteiger partial charge in [-0.15, -0.1) is 6.58 Å². The number of aromatic nitrogens is 5. The first-order valence-electron chi connectivity index (χ1n) is 10.9. The molecule has 0 atom stereocenters. The van der Waals surface area contributed by atoms with Gasteiger partial charge in [0, 0.05) is 40.3 Å². The predicted molar refractivity (Wildman–Crippen MR) is 138 cm³/mol. The van der Waals surface area contributed by atoms with Gasteiger partial charge in [-0.05, 0) is 42.8 Å². The van der Waals surface area contributed by atoms with Crippen molar-refractivity contribution in [3.8, 4) is 22.8 Å². The second-order valence-electron chi connectivity index (χ2n) is 7.61. The van der Waals surface area contributed by atoms with E-state index in [-0.39, 0.29) is 0 Å². The Balaban J connectivity index is 0.000000967. The first kappa shape index (κ1) is 24.6. The standard InChI is InChI=1S/C23H16ClFN6O2.C3H6/c24-16-4-14(5-17(25)6-16)11-31-12-15(8-29-31)20-9-26-23-22(20)30-21(10-27-23)33-19-3-1-2-18(7-19)28-13-32;1-3-2/h1-10,12-13H,11H2,(H,26,27)(H,28,32);3H,1H2,2H3. The number of amides is 1. The highest BCUT2D eigenvalue weighted by Crippen LogP contribution is 2.29. The van der Waals surface area contributed by atoms with Crippen LogP contribution < -0.4 is 10.1 Å². The summed E-state index contributed by atoms with van der Waals surface area (Å²) in [6.45, 7) is 5.62. The van der Waals surface area contributed by atoms with Gasteiger partial charge < -0.3 is 15.0 Å². The summed E-state index contributed by atoms with van der Waals surface area (Å²) >= 11 is 5.95. The summed E-state index contributed by atoms with van der Waals surface area (Å²) in [4.78, 5) is 22.7. The lowest BCUT2D eigenvalue weighted by molar-refractivity contribution is -0.105. The number of ether oxygens (including phenoxy) is 1. The fourth-order valence-electron chi connectivity index (χ4n) is 3.46. The third-order valence-corrected chi connectivity index (χ3v) is 5.07. The third kappa shape index (κ3) is 5.94. The molecule has 2 N–H and O–H groups in total. The number of anilines is 1. The Morgan fingerprint density at radius 3 is 2.86 bits per heavy atom. The summed E-state index contributed by atoms with van der Waals surface area (Å²) in [5.41, 5.74) is 4.12. The van der Waals surface area contributed by atoms with Crippen molar-refractivity contribution in [2.75, 3.05) is 5.32 Å². The summed E-state index contributed by atoms with van der Waals surface area (Å²) in [6, 6.07) is 11.3. The molecule has 5 rings (SSSR count). The van der Waals surface area contributed by atoms with E-state index >= 15 is 0 Å². The van der Waals surface area contributed by atoms with Gasteiger partial charge in [-0.3, -0.25) is 9.48 Å². The summed E-state index contributed by atoms with van der Waals surface area (Å²) in [5, 5.41) is 7.29. The lowest BCUT2D eigenvalue weighted by atomic mass is 10.2. The van der Waals surface area contributed by atoms with Crippen molar-refractivity contribution in [1.82, 2.24) is 24.7 Å². The number of rotatable bonds is 7. The van der Waals surface area contributed by atoms with Crippen molar-refractivity contribution >= 4 is 34.9 Å². The lowest BCUT2D eigenvalue weighted by Gasteiger charge is -2.06. The fraction of sp³-hybridized carbons (Fsp3) is 0.0769. The van der Waals surface area contributed by atoms with Crippen LogP contribution in [0.2, 0.25) is 5.02 Å². The Bertz CT molecular complexity index is 1490. The van der Waals surface area contributed by atoms with E-state index in [9.17, 15) is 9.18 Å². The van der Waals surface area contributed by atoms with Crippen LogP contribution in [0.5, 0.6) is 11.6 Å². The zero-order valence-corrected chi connectivity index (χ0v) is 20.0. The predicted octanol–water partition coefficient (Wildman–Crippen LogP) is 6.22. The quantitative estimate of drug-likeness (QED) is 0.203. The van der Waals surface area contributed by atoms with Gasteiger partial charge in [0.25, 0.3) is 0 Å². The highest BCUT2D eigenvalue weighted by molar-refractivity contribution is 6.30. The average Bonchev–Trinajstić information content (AvgIpc) is 3.46. The minimum absolute atomic E-state index is 0.299. The Morgan fingerprint density at radius 2 is 2.08 bits per heavy atom. The maximum absolute atomic E-state index is 13.6. The monoisotopic (exact) mass is 504 g/mol. The molecule has 0 unspecified atom stereocenters. The molecule has 0 aliphatic carbocycles. The Kier molecular flexibility index (Phi) is 7.72. The van der Waals surface area contributed by atoms with Crippen molar-refractivity contribution in [2.24, 2.45) is 0 Å². The molecule has 8 nitrogen and oxygen atoms in total. The minimum Gasteiger partial charge on any atom is -0.437 e. The van der Waals surface area contributed by atoms with Gasteiger partial charge in [-0.2, -0.15) is 5.10 Å². The average molecular weight is 505 g/mol. The lowest BCUT2D eigenvalue weighted by Crippen LogP contribution is -2.00. The van der Waals surface area contributed by atoms with Crippen molar-refractivity contribution in [3.05, 3.63) is 96.3 Å². The highest BCUT2D eigenvalue weighted by Gasteiger charge is 2.13. The number of fused-ring (bicyclic) bond motifs is 1. The highest BCUT2D eigenvalue weighted by atomic mass is 35.5. The van der Waals surface area contributed by atoms with Gasteiger partial charge in [0.15, 0.2) is 5.65 Å². The first-order chi connectivity index (χ1) is 17.5. The molecule has 0 saturated carbocycles. The number of carbonyl (C=O) groups excluding carboxylic acids is 1. The van der Waals surface area contributed by atoms with E-state index in [4.69, 9.17) is 16.3 Å². The van der Waals surface area contributed by atoms with Gasteiger partial charge in [-0.1, -0.05) is 23.7 Å². The molecule has 5 aromatic rings. The molecule has 0 bridgehead atoms. The number of aromatic amines is 1. The van der Waals surface area contributed by atoms with Crippen LogP contribution in [0.4, 0.5) is 10.1 Å². The maximum Gasteiger partial charge on any atom is 0.238 e. The van der Waals surface area contributed by atoms with Crippen LogP contribution in [0.3, 0.4) is 0 Å². The first-order valence-corrected chi connectivity index (χ1v) is 11.2. The summed E-state index contributed by atoms with van der Waals surface area (Å²) < 4.78 is 21.1. The van der Waals surface area contributed by atoms with Gasteiger partial charge in [0.1, 0.15) is 17.1 Å². The molecule has 0 radical (unpaired) electrons. The van der Waals surface area contributed by atoms with Gasteiger partial charge >= 0.3 is 0 Å². The Morgan fingerprint density at radius 1 is 1.25 bits per heavy atom. The maximum atomic E-state index is 13.6. The van der Waals surface area contributed by atoms with Crippen LogP contribution in [0.15, 0.2) is 79.9 Å². The number of H-pyrrole nitrogens is 1. The molecular formula is C26H22ClFN6O2. The van der Waals surface area contributed by atoms with Gasteiger partial charge in [-0.25, -0.2) is 14.4 Å². The molecule has 3 heterocycles. The van der Waals surface area contributed by atoms with Crippen molar-refractivity contribution in [3.63, 3.8) is 0 Å². The van der Waals surface area contributed by atoms with Crippen LogP contribution >= 0.6 is 11.6 Å². The van der Waals surface area contributed by atoms with Gasteiger partial charge in [0.2, 0.25) is 12.3 Å². The van der Waals surface area contributed by atoms with E-state index in [2.05, 4.69) is 31.9 Å². The Hall–Kier alpha value is -4.50. The topological polar surface area (TPSA) is 97.7 Å². The molecule has 182 valence electrons. The minimum atomic E-state index is -0.392. The Labute approximate surface area is 211 Å². The second kappa shape index (κ2) is 11.3. The molecule has 3 aromatic heterocycles. The fourth-order valence-corrected chi connectivity index (χ4v) is 3.71. The molecule has 1 amide bonds. The number of halogens is 2. The zero-order valence-electron chi connectivity index (χ0n) is 19.3. The molecule has 0 aliphatic heterocycles. The number of allylic oxidation sites excluding steroid dienone is 1. The van der Waals surface area contributed by atoms with Crippen LogP contribution in [0.25, 0.3) is 22.3 Å². The van der Waals surface area contributed by atoms with Gasteiger partial charge in [0.05, 0.1) is 18.9 Å². The normalized spacial score (nSPS) is 10.4. The van der Waals surface area contributed by atoms with E-state index in [1.54, 1.807) is 53.5 Å². The number of nitrogens with one attached hydrogen (secondary N) is 2. The number of hydrogen-bond donors (Lipinski definition) is 2. The van der Waals surface area contributed by atoms with E-state index in [0.29, 0.717) is 52.0 Å². The molecule has 2 aromatic carbocycles. The van der Waals surface area contributed by atoms with Crippen LogP contribution in [0.1, 0.15) is 12.5 Å². The van der Waals surface area contributed by atoms with Crippen LogP contribution in [-0.2, 0) is 11.3 Å². The molecule has 0 aliphatic rings. The molecule has 0 saturated heterocycles. The molecule has 10 heteroatoms. The molecule has 0 spiro atoms. The smallest absolute Gasteiger partial charge is 0.238 e. The van der Waals surface area contributed by atoms with Crippen molar-refractivity contribution < 1.29 is 13.9 Å². The summed E-state index contributed by atoms with van der Waals surface area (Å²) in [5.74, 6) is 0.416. The largest absolute Gasteiger partial charge is 0.437 e. The van der Waals surface area contributed by atoms with E-state index < -0.39 is 5.82 Å². The number of nitrogens with zero attached hydrogens (tertiary/aromatic N) is 4. The molecular weight excluding hydrogens is 483 g/mol. The van der Waals surface area contributed by atoms with Crippen LogP contribution in [0, 0.1) is 5.82 Å². The second-order valence-corrected chi connectivity index (χ2v) is 8.05. The molecule has 0 fully saturated rings. The number of benzene rings is 2. The summed E-state index contributed by atoms with van der Waals surface area (Å²) in [6.07, 6.45) is 9.20. The molecule has 36 heavy (non-hydrogen) atoms. The SMILES string of the molecule is C=CC.O=CNc1cccc(Oc2cnc3[nH]cc(-c4cnn(Cc5cc(F)cc(Cl)c5)c4)c3n2)c1. The van der Waals surface area contributed by atoms with E-state index in [1.807, 2.05) is 13.1 Å². The van der Waals surface area contributed by atoms with E-state index in [0.717, 1.165) is 11.1 Å².